The van der Waals surface area contributed by atoms with Gasteiger partial charge in [-0.05, 0) is 41.5 Å². The summed E-state index contributed by atoms with van der Waals surface area (Å²) in [4.78, 5) is 0. The van der Waals surface area contributed by atoms with E-state index in [1.54, 1.807) is 0 Å². The predicted octanol–water partition coefficient (Wildman–Crippen LogP) is 3.26. The fourth-order valence-corrected chi connectivity index (χ4v) is 2.14. The summed E-state index contributed by atoms with van der Waals surface area (Å²) in [6, 6.07) is 8.20. The summed E-state index contributed by atoms with van der Waals surface area (Å²) in [6.07, 6.45) is 13.6. The van der Waals surface area contributed by atoms with Crippen LogP contribution in [0.3, 0.4) is 0 Å². The molecule has 2 aliphatic rings. The van der Waals surface area contributed by atoms with Gasteiger partial charge in [-0.3, -0.25) is 0 Å². The molecule has 1 aromatic rings. The molecule has 0 heteroatoms. The summed E-state index contributed by atoms with van der Waals surface area (Å²) >= 11 is 0. The molecule has 1 saturated carbocycles. The van der Waals surface area contributed by atoms with Crippen LogP contribution in [0.5, 0.6) is 0 Å². The van der Waals surface area contributed by atoms with Gasteiger partial charge in [0.05, 0.1) is 0 Å². The van der Waals surface area contributed by atoms with Gasteiger partial charge >= 0.3 is 0 Å². The average molecular weight is 192 g/mol. The van der Waals surface area contributed by atoms with Crippen LogP contribution in [0.15, 0.2) is 42.5 Å². The van der Waals surface area contributed by atoms with Crippen molar-refractivity contribution in [1.82, 2.24) is 0 Å². The van der Waals surface area contributed by atoms with Gasteiger partial charge in [-0.25, -0.2) is 0 Å². The highest BCUT2D eigenvalue weighted by Crippen LogP contribution is 2.45. The van der Waals surface area contributed by atoms with Gasteiger partial charge in [-0.1, -0.05) is 36.3 Å². The average Bonchev–Trinajstić information content (AvgIpc) is 3.07. The molecule has 0 heterocycles. The molecule has 0 spiro atoms. The molecular formula is C15H12. The third kappa shape index (κ3) is 1.51. The summed E-state index contributed by atoms with van der Waals surface area (Å²) in [7, 11) is 0. The smallest absolute Gasteiger partial charge is 0.0248 e. The topological polar surface area (TPSA) is 0 Å². The molecule has 15 heavy (non-hydrogen) atoms. The molecule has 0 amide bonds. The molecule has 2 unspecified atom stereocenters. The molecule has 0 radical (unpaired) electrons. The first-order chi connectivity index (χ1) is 7.36. The largest absolute Gasteiger partial charge is 0.115 e. The Morgan fingerprint density at radius 2 is 2.20 bits per heavy atom. The quantitative estimate of drug-likeness (QED) is 0.599. The van der Waals surface area contributed by atoms with E-state index < -0.39 is 0 Å². The van der Waals surface area contributed by atoms with Crippen LogP contribution in [-0.2, 0) is 0 Å². The molecule has 1 fully saturated rings. The summed E-state index contributed by atoms with van der Waals surface area (Å²) in [5.41, 5.74) is 3.53. The number of allylic oxidation sites excluding steroid dienone is 4. The zero-order chi connectivity index (χ0) is 10.3. The number of hydrogen-bond donors (Lipinski definition) is 0. The first-order valence-corrected chi connectivity index (χ1v) is 5.34. The van der Waals surface area contributed by atoms with Crippen LogP contribution in [0.2, 0.25) is 0 Å². The molecule has 0 aliphatic heterocycles. The zero-order valence-corrected chi connectivity index (χ0v) is 8.48. The van der Waals surface area contributed by atoms with Crippen LogP contribution in [-0.4, -0.2) is 0 Å². The van der Waals surface area contributed by atoms with E-state index >= 15 is 0 Å². The van der Waals surface area contributed by atoms with Crippen LogP contribution in [0.4, 0.5) is 0 Å². The van der Waals surface area contributed by atoms with E-state index in [1.165, 1.54) is 17.6 Å². The van der Waals surface area contributed by atoms with Crippen molar-refractivity contribution in [2.24, 2.45) is 11.8 Å². The second-order valence-corrected chi connectivity index (χ2v) is 4.27. The summed E-state index contributed by atoms with van der Waals surface area (Å²) in [6.45, 7) is 0. The van der Waals surface area contributed by atoms with Crippen molar-refractivity contribution in [3.05, 3.63) is 53.6 Å². The zero-order valence-electron chi connectivity index (χ0n) is 8.48. The monoisotopic (exact) mass is 192 g/mol. The van der Waals surface area contributed by atoms with Gasteiger partial charge < -0.3 is 0 Å². The van der Waals surface area contributed by atoms with E-state index in [0.717, 1.165) is 17.4 Å². The van der Waals surface area contributed by atoms with Crippen LogP contribution >= 0.6 is 0 Å². The number of fused-ring (bicyclic) bond motifs is 1. The molecule has 0 bridgehead atoms. The maximum Gasteiger partial charge on any atom is 0.0248 e. The van der Waals surface area contributed by atoms with E-state index in [9.17, 15) is 0 Å². The Morgan fingerprint density at radius 1 is 1.27 bits per heavy atom. The molecule has 2 atom stereocenters. The Balaban J connectivity index is 1.99. The third-order valence-electron chi connectivity index (χ3n) is 3.17. The van der Waals surface area contributed by atoms with Crippen molar-refractivity contribution in [3.63, 3.8) is 0 Å². The van der Waals surface area contributed by atoms with Crippen molar-refractivity contribution in [3.8, 4) is 12.3 Å². The molecule has 0 saturated heterocycles. The third-order valence-corrected chi connectivity index (χ3v) is 3.17. The van der Waals surface area contributed by atoms with Crippen LogP contribution in [0, 0.1) is 24.2 Å². The Labute approximate surface area is 90.3 Å². The predicted molar refractivity (Wildman–Crippen MR) is 63.1 cm³/mol. The van der Waals surface area contributed by atoms with Crippen molar-refractivity contribution in [2.45, 2.75) is 6.42 Å². The molecule has 2 aliphatic carbocycles. The van der Waals surface area contributed by atoms with Crippen LogP contribution in [0.25, 0.3) is 5.57 Å². The van der Waals surface area contributed by atoms with E-state index in [4.69, 9.17) is 6.42 Å². The second kappa shape index (κ2) is 3.14. The lowest BCUT2D eigenvalue weighted by Crippen LogP contribution is -1.88. The maximum atomic E-state index is 5.40. The Bertz CT molecular complexity index is 497. The summed E-state index contributed by atoms with van der Waals surface area (Å²) < 4.78 is 0. The Hall–Kier alpha value is -1.74. The lowest BCUT2D eigenvalue weighted by atomic mass is 9.98. The van der Waals surface area contributed by atoms with Crippen molar-refractivity contribution < 1.29 is 0 Å². The SMILES string of the molecule is C#Cc1cccc(C2=CC3CC3C=C2)c1. The van der Waals surface area contributed by atoms with E-state index in [0.29, 0.717) is 0 Å². The first kappa shape index (κ1) is 8.56. The highest BCUT2D eigenvalue weighted by molar-refractivity contribution is 5.76. The standard InChI is InChI=1S/C15H12/c1-2-11-4-3-5-12(8-11)13-6-7-14-10-15(14)9-13/h1,3-9,14-15H,10H2. The minimum absolute atomic E-state index is 0.791. The number of hydrogen-bond acceptors (Lipinski definition) is 0. The Kier molecular flexibility index (Phi) is 1.79. The van der Waals surface area contributed by atoms with E-state index in [-0.39, 0.29) is 0 Å². The van der Waals surface area contributed by atoms with Crippen LogP contribution < -0.4 is 0 Å². The maximum absolute atomic E-state index is 5.40. The first-order valence-electron chi connectivity index (χ1n) is 5.34. The van der Waals surface area contributed by atoms with Gasteiger partial charge in [0, 0.05) is 5.56 Å². The fourth-order valence-electron chi connectivity index (χ4n) is 2.14. The van der Waals surface area contributed by atoms with E-state index in [1.807, 2.05) is 12.1 Å². The van der Waals surface area contributed by atoms with Gasteiger partial charge in [0.2, 0.25) is 0 Å². The Morgan fingerprint density at radius 3 is 3.00 bits per heavy atom. The van der Waals surface area contributed by atoms with Crippen molar-refractivity contribution in [1.29, 1.82) is 0 Å². The van der Waals surface area contributed by atoms with E-state index in [2.05, 4.69) is 36.3 Å². The van der Waals surface area contributed by atoms with Gasteiger partial charge in [0.1, 0.15) is 0 Å². The molecule has 1 aromatic carbocycles. The van der Waals surface area contributed by atoms with Gasteiger partial charge in [0.25, 0.3) is 0 Å². The molecular weight excluding hydrogens is 180 g/mol. The fraction of sp³-hybridized carbons (Fsp3) is 0.200. The lowest BCUT2D eigenvalue weighted by Gasteiger charge is -2.06. The summed E-state index contributed by atoms with van der Waals surface area (Å²) in [5, 5.41) is 0. The number of terminal acetylenes is 1. The normalized spacial score (nSPS) is 26.5. The number of rotatable bonds is 1. The highest BCUT2D eigenvalue weighted by atomic mass is 14.4. The van der Waals surface area contributed by atoms with Crippen molar-refractivity contribution in [2.75, 3.05) is 0 Å². The number of benzene rings is 1. The van der Waals surface area contributed by atoms with Crippen molar-refractivity contribution >= 4 is 5.57 Å². The second-order valence-electron chi connectivity index (χ2n) is 4.27. The summed E-state index contributed by atoms with van der Waals surface area (Å²) in [5.74, 6) is 4.29. The van der Waals surface area contributed by atoms with Gasteiger partial charge in [-0.2, -0.15) is 0 Å². The highest BCUT2D eigenvalue weighted by Gasteiger charge is 2.34. The minimum atomic E-state index is 0.791. The van der Waals surface area contributed by atoms with Crippen LogP contribution in [0.1, 0.15) is 17.5 Å². The molecule has 0 N–H and O–H groups in total. The lowest BCUT2D eigenvalue weighted by molar-refractivity contribution is 0.985. The van der Waals surface area contributed by atoms with Gasteiger partial charge in [0.15, 0.2) is 0 Å². The minimum Gasteiger partial charge on any atom is -0.115 e. The molecule has 0 nitrogen and oxygen atoms in total. The van der Waals surface area contributed by atoms with Gasteiger partial charge in [-0.15, -0.1) is 6.42 Å². The molecule has 72 valence electrons. The molecule has 3 rings (SSSR count). The molecule has 0 aromatic heterocycles.